The number of carboxylic acids is 1. The maximum atomic E-state index is 14.6. The molecule has 0 saturated carbocycles. The second kappa shape index (κ2) is 65.5. The molecule has 148 heavy (non-hydrogen) atoms. The largest absolute Gasteiger partial charge is 0.508 e. The van der Waals surface area contributed by atoms with Crippen molar-refractivity contribution >= 4 is 147 Å². The number of hydrogen-bond acceptors (Lipinski definition) is 27. The minimum Gasteiger partial charge on any atom is -0.508 e. The predicted molar refractivity (Wildman–Crippen MR) is 536 cm³/mol. The Hall–Kier alpha value is -15.0. The fraction of sp³-hybridized carbons (Fsp3) is 0.542. The van der Waals surface area contributed by atoms with Crippen molar-refractivity contribution in [2.45, 2.75) is 229 Å². The number of aromatic amines is 2. The number of nitrogens with zero attached hydrogens (tertiary/aromatic N) is 1. The third-order valence-corrected chi connectivity index (χ3v) is 23.6. The van der Waals surface area contributed by atoms with Gasteiger partial charge in [0.1, 0.15) is 90.7 Å². The summed E-state index contributed by atoms with van der Waals surface area (Å²) in [6.07, 6.45) is 4.23. The number of H-pyrrole nitrogens is 2. The molecule has 19 amide bonds. The number of nitrogens with two attached hydrogens (primary N) is 3. The lowest BCUT2D eigenvalue weighted by Crippen LogP contribution is -2.59. The lowest BCUT2D eigenvalue weighted by Gasteiger charge is -2.26. The lowest BCUT2D eigenvalue weighted by molar-refractivity contribution is -0.141. The van der Waals surface area contributed by atoms with Crippen molar-refractivity contribution in [2.24, 2.45) is 29.0 Å². The van der Waals surface area contributed by atoms with Gasteiger partial charge >= 0.3 is 5.97 Å². The molecule has 1 saturated heterocycles. The highest BCUT2D eigenvalue weighted by Gasteiger charge is 2.38. The summed E-state index contributed by atoms with van der Waals surface area (Å²) in [6.45, 7) is 6.43. The number of unbranched alkanes of at least 4 members (excludes halogenated alkanes) is 3. The van der Waals surface area contributed by atoms with E-state index >= 15 is 0 Å². The molecule has 0 unspecified atom stereocenters. The Balaban J connectivity index is 1.07. The Kier molecular flexibility index (Phi) is 53.9. The van der Waals surface area contributed by atoms with Crippen LogP contribution in [0.2, 0.25) is 0 Å². The molecule has 1 fully saturated rings. The number of halogens is 1. The standard InChI is InChI=1S/C96H140FN25O25S/c1-54(2)43-70(92(141)116-65(83(99)132)32-42-148-6)118-94(143)73(46-61-49-102-53-110-61)115-79(128)51-109-95(144)82(55(3)4)122-84(133)56(5)111-91(140)72(45-59-48-107-64-16-10-9-15-63(59)64)120-90(139)69(28-30-75(98)124)112-77(126)19-8-7-12-33-103-76(125)31-29-68(114-80(129)52-147-41-40-146-39-38-145-37-36-105-85(134)58-22-24-60(97)25-23-58)86(135)104-34-13-11-17-67-89(138)119-71(44-57-20-26-62(123)27-21-57)93(142)121-74(47-81(130)131)87(136)108-50-78(127)113-66(88(137)117-67)18-14-35-106-96(100)101/h9-10,15-16,20-27,48-49,53-56,65-74,82,107,123H,7-8,11-14,17-19,28-47,50-52H2,1-6H3,(H2,98,124)(H2,99,132)(H,102,110)(H,103,125)(H,104,135)(H,105,134)(H,108,136)(H,109,144)(H,111,140)(H,112,126)(H,113,127)(H,114,129)(H,115,128)(H,116,141)(H,117,137)(H,118,143)(H,119,138)(H,120,139)(H,121,142)(H,122,133)(H,130,131)(H4,100,101,106)/t56-,65+,66+,67+,68-,69-,70-,71-,72+,73+,74+,82+/m0/s1/i97-1. The maximum absolute atomic E-state index is 14.6. The van der Waals surface area contributed by atoms with E-state index in [-0.39, 0.29) is 173 Å². The van der Waals surface area contributed by atoms with Crippen molar-refractivity contribution in [3.05, 3.63) is 120 Å². The summed E-state index contributed by atoms with van der Waals surface area (Å²) >= 11 is 1.44. The molecule has 812 valence electrons. The van der Waals surface area contributed by atoms with Gasteiger partial charge in [0.15, 0.2) is 5.96 Å². The smallest absolute Gasteiger partial charge is 0.305 e. The van der Waals surface area contributed by atoms with Crippen LogP contribution in [0, 0.1) is 23.1 Å². The van der Waals surface area contributed by atoms with E-state index in [0.717, 1.165) is 12.1 Å². The van der Waals surface area contributed by atoms with E-state index < -0.39 is 241 Å². The number of primary amides is 2. The van der Waals surface area contributed by atoms with Gasteiger partial charge in [-0.25, -0.2) is 9.37 Å². The molecule has 0 radical (unpaired) electrons. The highest BCUT2D eigenvalue weighted by molar-refractivity contribution is 7.98. The Morgan fingerprint density at radius 1 is 0.520 bits per heavy atom. The summed E-state index contributed by atoms with van der Waals surface area (Å²) in [4.78, 5) is 282. The number of rotatable bonds is 65. The van der Waals surface area contributed by atoms with Gasteiger partial charge in [-0.2, -0.15) is 11.8 Å². The molecule has 2 aromatic heterocycles. The number of aromatic hydroxyl groups is 1. The van der Waals surface area contributed by atoms with Crippen LogP contribution in [-0.4, -0.2) is 313 Å². The lowest BCUT2D eigenvalue weighted by atomic mass is 10.0. The number of aromatic nitrogens is 3. The van der Waals surface area contributed by atoms with Crippen molar-refractivity contribution in [3.8, 4) is 5.75 Å². The van der Waals surface area contributed by atoms with E-state index in [1.165, 1.54) is 67.6 Å². The third kappa shape index (κ3) is 46.6. The molecule has 5 aromatic rings. The number of nitrogens with one attached hydrogen (secondary N) is 21. The normalized spacial score (nSPS) is 16.0. The average molecular weight is 2090 g/mol. The van der Waals surface area contributed by atoms with Crippen LogP contribution in [0.3, 0.4) is 0 Å². The molecule has 12 atom stereocenters. The Labute approximate surface area is 858 Å². The number of imidazole rings is 1. The molecule has 1 aliphatic heterocycles. The predicted octanol–water partition coefficient (Wildman–Crippen LogP) is -3.99. The number of carbonyl (C=O) groups is 20. The minimum absolute atomic E-state index is 0.00210. The zero-order valence-electron chi connectivity index (χ0n) is 83.6. The number of thioether (sulfide) groups is 1. The highest BCUT2D eigenvalue weighted by Crippen LogP contribution is 2.22. The fourth-order valence-electron chi connectivity index (χ4n) is 15.0. The first kappa shape index (κ1) is 122. The first-order valence-electron chi connectivity index (χ1n) is 48.7. The number of hydrogen-bond donors (Lipinski definition) is 26. The van der Waals surface area contributed by atoms with Gasteiger partial charge in [0.05, 0.1) is 64.6 Å². The Morgan fingerprint density at radius 2 is 1.11 bits per heavy atom. The van der Waals surface area contributed by atoms with E-state index in [4.69, 9.17) is 36.8 Å². The number of ether oxygens (including phenoxy) is 3. The van der Waals surface area contributed by atoms with E-state index in [1.807, 2.05) is 20.1 Å². The summed E-state index contributed by atoms with van der Waals surface area (Å²) in [5.41, 5.74) is 18.8. The quantitative estimate of drug-likeness (QED) is 0.0100. The van der Waals surface area contributed by atoms with Crippen LogP contribution >= 0.6 is 11.8 Å². The number of carbonyl (C=O) groups excluding carboxylic acids is 19. The van der Waals surface area contributed by atoms with Crippen LogP contribution in [-0.2, 0) is 125 Å². The summed E-state index contributed by atoms with van der Waals surface area (Å²) in [6, 6.07) is 0.693. The molecular weight excluding hydrogens is 1950 g/mol. The first-order valence-corrected chi connectivity index (χ1v) is 50.1. The van der Waals surface area contributed by atoms with Crippen molar-refractivity contribution < 1.29 is 125 Å². The molecule has 29 N–H and O–H groups in total. The number of phenolic OH excluding ortho intramolecular Hbond substituents is 1. The summed E-state index contributed by atoms with van der Waals surface area (Å²) in [7, 11) is 0. The molecule has 0 spiro atoms. The average Bonchev–Trinajstić information content (AvgIpc) is 1.68. The molecule has 3 aromatic carbocycles. The molecule has 50 nitrogen and oxygen atoms in total. The molecule has 0 aliphatic carbocycles. The van der Waals surface area contributed by atoms with Crippen LogP contribution in [0.5, 0.6) is 5.75 Å². The van der Waals surface area contributed by atoms with E-state index in [0.29, 0.717) is 46.3 Å². The number of guanidine groups is 1. The van der Waals surface area contributed by atoms with Crippen LogP contribution in [0.25, 0.3) is 10.9 Å². The maximum Gasteiger partial charge on any atom is 0.305 e. The topological polar surface area (TPSA) is 772 Å². The van der Waals surface area contributed by atoms with Gasteiger partial charge < -0.3 is 147 Å². The van der Waals surface area contributed by atoms with Gasteiger partial charge in [0, 0.05) is 93.6 Å². The first-order chi connectivity index (χ1) is 70.6. The number of phenols is 1. The van der Waals surface area contributed by atoms with Gasteiger partial charge in [-0.1, -0.05) is 64.4 Å². The van der Waals surface area contributed by atoms with Crippen molar-refractivity contribution in [1.82, 2.24) is 111 Å². The zero-order valence-corrected chi connectivity index (χ0v) is 84.4. The number of fused-ring (bicyclic) bond motifs is 1. The number of aliphatic carboxylic acids is 1. The van der Waals surface area contributed by atoms with Gasteiger partial charge in [0.25, 0.3) is 5.91 Å². The summed E-state index contributed by atoms with van der Waals surface area (Å²) < 4.78 is 29.8. The molecule has 1 aliphatic rings. The van der Waals surface area contributed by atoms with Crippen LogP contribution < -0.4 is 113 Å². The van der Waals surface area contributed by atoms with Crippen molar-refractivity contribution in [3.63, 3.8) is 0 Å². The van der Waals surface area contributed by atoms with Crippen molar-refractivity contribution in [2.75, 3.05) is 90.9 Å². The fourth-order valence-corrected chi connectivity index (χ4v) is 15.5. The summed E-state index contributed by atoms with van der Waals surface area (Å²) in [5.74, 6) is -18.3. The van der Waals surface area contributed by atoms with Crippen LogP contribution in [0.4, 0.5) is 4.39 Å². The Bertz CT molecular complexity index is 5270. The molecule has 0 bridgehead atoms. The van der Waals surface area contributed by atoms with Gasteiger partial charge in [0.2, 0.25) is 106 Å². The second-order valence-corrected chi connectivity index (χ2v) is 36.9. The molecule has 52 heteroatoms. The minimum atomic E-state index is -1.78. The van der Waals surface area contributed by atoms with Crippen LogP contribution in [0.15, 0.2) is 91.5 Å². The number of para-hydroxylation sites is 1. The van der Waals surface area contributed by atoms with E-state index in [9.17, 15) is 110 Å². The molecule has 6 rings (SSSR count). The second-order valence-electron chi connectivity index (χ2n) is 35.9. The Morgan fingerprint density at radius 3 is 1.78 bits per heavy atom. The number of carboxylic acid groups (broad SMARTS) is 1. The SMILES string of the molecule is CSCC[C@@H](NC(=O)[C@H](CC(C)C)NC(=O)[C@@H](Cc1c[nH]cn1)NC(=O)CNC(=O)[C@H](NC(=O)[C@H](C)NC(=O)[C@@H](Cc1c[nH]c2ccccc12)NC(=O)[C@H](CCC(N)=O)NC(=O)CCCCCNC(=O)CC[C@H](NC(=O)COCCOCCOCCNC(=O)c1ccc([18F])cc1)C(=O)NCCCC[C@H]1NC(=O)[C@@H](CCCNC(=N)N)NC(=O)CNC(=O)[C@@H](CC(=O)O)NC(=O)[C@H](Cc2ccc(O)cc2)NC1=O)C(C)C)C(N)=O. The molecule has 3 heterocycles. The summed E-state index contributed by atoms with van der Waals surface area (Å²) in [5, 5.41) is 74.4. The monoisotopic (exact) mass is 2090 g/mol. The van der Waals surface area contributed by atoms with Crippen molar-refractivity contribution in [1.29, 1.82) is 5.41 Å². The van der Waals surface area contributed by atoms with E-state index in [2.05, 4.69) is 111 Å². The van der Waals surface area contributed by atoms with Crippen LogP contribution in [0.1, 0.15) is 165 Å². The zero-order chi connectivity index (χ0) is 109. The number of amides is 19. The number of benzene rings is 3. The van der Waals surface area contributed by atoms with Gasteiger partial charge in [-0.3, -0.25) is 101 Å². The van der Waals surface area contributed by atoms with E-state index in [1.54, 1.807) is 44.3 Å². The highest BCUT2D eigenvalue weighted by atomic mass is 32.2. The molecular formula is C96H140FN25O25S. The third-order valence-electron chi connectivity index (χ3n) is 23.0. The van der Waals surface area contributed by atoms with Gasteiger partial charge in [-0.05, 0) is 155 Å². The van der Waals surface area contributed by atoms with Gasteiger partial charge in [-0.15, -0.1) is 0 Å².